The maximum atomic E-state index is 15.7. The van der Waals surface area contributed by atoms with E-state index in [2.05, 4.69) is 67.2 Å². The molecule has 1 N–H and O–H groups in total. The van der Waals surface area contributed by atoms with Crippen molar-refractivity contribution in [2.75, 3.05) is 42.9 Å². The lowest BCUT2D eigenvalue weighted by Gasteiger charge is -2.21. The van der Waals surface area contributed by atoms with Crippen molar-refractivity contribution in [2.24, 2.45) is 0 Å². The fourth-order valence-corrected chi connectivity index (χ4v) is 8.22. The summed E-state index contributed by atoms with van der Waals surface area (Å²) in [6, 6.07) is 12.2. The van der Waals surface area contributed by atoms with E-state index < -0.39 is 32.0 Å². The Morgan fingerprint density at radius 3 is 2.29 bits per heavy atom. The SMILES string of the molecule is CCc1cc(OCOCC[Si](C)(C)C)c(F)cc1-c1cc2c(c(I)nn2COCC[Si](C)(C)C)c(NCc2cc(Cl)ccc2N(C)S(C)(=O)=O)n1. The number of fused-ring (bicyclic) bond motifs is 1. The molecule has 0 saturated heterocycles. The molecule has 0 fully saturated rings. The molecule has 0 unspecified atom stereocenters. The van der Waals surface area contributed by atoms with Crippen LogP contribution in [0.5, 0.6) is 5.75 Å². The quantitative estimate of drug-likeness (QED) is 0.0457. The molecule has 0 spiro atoms. The number of benzene rings is 2. The van der Waals surface area contributed by atoms with Gasteiger partial charge in [0.1, 0.15) is 16.2 Å². The van der Waals surface area contributed by atoms with Crippen LogP contribution in [0.3, 0.4) is 0 Å². The van der Waals surface area contributed by atoms with Crippen LogP contribution < -0.4 is 14.4 Å². The number of anilines is 2. The van der Waals surface area contributed by atoms with Crippen LogP contribution in [0.4, 0.5) is 15.9 Å². The first kappa shape index (κ1) is 41.5. The van der Waals surface area contributed by atoms with E-state index in [0.717, 1.165) is 34.8 Å². The predicted octanol–water partition coefficient (Wildman–Crippen LogP) is 9.07. The molecule has 280 valence electrons. The lowest BCUT2D eigenvalue weighted by Crippen LogP contribution is -2.26. The molecule has 4 rings (SSSR count). The Morgan fingerprint density at radius 1 is 1.00 bits per heavy atom. The van der Waals surface area contributed by atoms with Crippen molar-refractivity contribution in [2.45, 2.75) is 78.0 Å². The second kappa shape index (κ2) is 17.2. The van der Waals surface area contributed by atoms with Crippen LogP contribution in [0, 0.1) is 9.52 Å². The molecule has 0 aliphatic rings. The first-order valence-corrected chi connectivity index (χ1v) is 27.6. The molecule has 10 nitrogen and oxygen atoms in total. The van der Waals surface area contributed by atoms with Gasteiger partial charge < -0.3 is 19.5 Å². The third kappa shape index (κ3) is 11.6. The van der Waals surface area contributed by atoms with Gasteiger partial charge in [-0.05, 0) is 88.6 Å². The van der Waals surface area contributed by atoms with Gasteiger partial charge in [-0.25, -0.2) is 22.5 Å². The highest BCUT2D eigenvalue weighted by atomic mass is 127. The van der Waals surface area contributed by atoms with Crippen molar-refractivity contribution < 1.29 is 27.0 Å². The maximum absolute atomic E-state index is 15.7. The summed E-state index contributed by atoms with van der Waals surface area (Å²) in [6.07, 6.45) is 1.75. The Balaban J connectivity index is 1.75. The summed E-state index contributed by atoms with van der Waals surface area (Å²) >= 11 is 8.56. The average molecular weight is 890 g/mol. The van der Waals surface area contributed by atoms with E-state index in [-0.39, 0.29) is 25.8 Å². The Hall–Kier alpha value is -2.29. The highest BCUT2D eigenvalue weighted by molar-refractivity contribution is 14.1. The first-order valence-electron chi connectivity index (χ1n) is 16.9. The molecular weight excluding hydrogens is 840 g/mol. The molecule has 0 bridgehead atoms. The van der Waals surface area contributed by atoms with Gasteiger partial charge >= 0.3 is 0 Å². The second-order valence-corrected chi connectivity index (χ2v) is 29.7. The third-order valence-corrected chi connectivity index (χ3v) is 13.9. The number of nitrogens with zero attached hydrogens (tertiary/aromatic N) is 4. The average Bonchev–Trinajstić information content (AvgIpc) is 3.35. The minimum absolute atomic E-state index is 0.0302. The van der Waals surface area contributed by atoms with Crippen LogP contribution in [-0.4, -0.2) is 72.6 Å². The summed E-state index contributed by atoms with van der Waals surface area (Å²) in [6.45, 7) is 17.4. The van der Waals surface area contributed by atoms with Gasteiger partial charge in [0.25, 0.3) is 0 Å². The van der Waals surface area contributed by atoms with Crippen molar-refractivity contribution in [1.82, 2.24) is 14.8 Å². The monoisotopic (exact) mass is 889 g/mol. The van der Waals surface area contributed by atoms with Crippen molar-refractivity contribution in [3.05, 3.63) is 62.1 Å². The van der Waals surface area contributed by atoms with Crippen LogP contribution in [0.25, 0.3) is 22.2 Å². The molecule has 4 aromatic rings. The first-order chi connectivity index (χ1) is 23.8. The van der Waals surface area contributed by atoms with E-state index in [4.69, 9.17) is 35.9 Å². The van der Waals surface area contributed by atoms with Crippen molar-refractivity contribution in [3.8, 4) is 17.0 Å². The van der Waals surface area contributed by atoms with E-state index in [9.17, 15) is 8.42 Å². The molecule has 0 saturated carbocycles. The number of aryl methyl sites for hydroxylation is 1. The minimum atomic E-state index is -3.54. The zero-order chi connectivity index (χ0) is 37.7. The molecule has 0 atom stereocenters. The second-order valence-electron chi connectivity index (χ2n) is 15.0. The molecule has 0 amide bonds. The summed E-state index contributed by atoms with van der Waals surface area (Å²) < 4.78 is 61.8. The normalized spacial score (nSPS) is 12.5. The van der Waals surface area contributed by atoms with Gasteiger partial charge in [-0.15, -0.1) is 0 Å². The molecule has 2 aromatic carbocycles. The largest absolute Gasteiger partial charge is 0.464 e. The number of nitrogens with one attached hydrogen (secondary N) is 1. The van der Waals surface area contributed by atoms with E-state index in [0.29, 0.717) is 56.7 Å². The molecule has 0 radical (unpaired) electrons. The third-order valence-electron chi connectivity index (χ3n) is 8.33. The molecule has 2 heterocycles. The smallest absolute Gasteiger partial charge is 0.232 e. The molecular formula is C35H50ClFIN5O5SSi2. The van der Waals surface area contributed by atoms with E-state index in [1.807, 2.05) is 13.0 Å². The van der Waals surface area contributed by atoms with Gasteiger partial charge in [-0.2, -0.15) is 5.10 Å². The summed E-state index contributed by atoms with van der Waals surface area (Å²) in [4.78, 5) is 5.03. The predicted molar refractivity (Wildman–Crippen MR) is 221 cm³/mol. The highest BCUT2D eigenvalue weighted by Crippen LogP contribution is 2.36. The zero-order valence-electron chi connectivity index (χ0n) is 31.0. The molecule has 0 aliphatic heterocycles. The summed E-state index contributed by atoms with van der Waals surface area (Å²) in [7, 11) is -4.59. The lowest BCUT2D eigenvalue weighted by molar-refractivity contribution is 0.0197. The lowest BCUT2D eigenvalue weighted by atomic mass is 10.0. The van der Waals surface area contributed by atoms with Crippen LogP contribution in [0.15, 0.2) is 36.4 Å². The number of halogens is 3. The molecule has 0 aliphatic carbocycles. The fraction of sp³-hybridized carbons (Fsp3) is 0.486. The van der Waals surface area contributed by atoms with Gasteiger partial charge in [0, 0.05) is 53.5 Å². The number of rotatable bonds is 18. The van der Waals surface area contributed by atoms with Crippen LogP contribution >= 0.6 is 34.2 Å². The van der Waals surface area contributed by atoms with E-state index in [1.54, 1.807) is 28.9 Å². The number of pyridine rings is 1. The fourth-order valence-electron chi connectivity index (χ4n) is 5.18. The van der Waals surface area contributed by atoms with Gasteiger partial charge in [-0.1, -0.05) is 57.8 Å². The summed E-state index contributed by atoms with van der Waals surface area (Å²) in [5, 5.41) is 9.46. The number of aromatic nitrogens is 3. The number of ether oxygens (including phenoxy) is 3. The van der Waals surface area contributed by atoms with Crippen LogP contribution in [-0.2, 0) is 39.2 Å². The maximum Gasteiger partial charge on any atom is 0.232 e. The van der Waals surface area contributed by atoms with Gasteiger partial charge in [-0.3, -0.25) is 4.31 Å². The van der Waals surface area contributed by atoms with Crippen molar-refractivity contribution in [3.63, 3.8) is 0 Å². The zero-order valence-corrected chi connectivity index (χ0v) is 36.7. The Bertz CT molecular complexity index is 1950. The van der Waals surface area contributed by atoms with Crippen LogP contribution in [0.2, 0.25) is 56.4 Å². The van der Waals surface area contributed by atoms with Crippen molar-refractivity contribution >= 4 is 82.8 Å². The van der Waals surface area contributed by atoms with E-state index >= 15 is 4.39 Å². The number of sulfonamides is 1. The Labute approximate surface area is 322 Å². The van der Waals surface area contributed by atoms with Gasteiger partial charge in [0.15, 0.2) is 18.4 Å². The topological polar surface area (TPSA) is 108 Å². The van der Waals surface area contributed by atoms with Gasteiger partial charge in [0.05, 0.1) is 28.5 Å². The Kier molecular flexibility index (Phi) is 14.0. The summed E-state index contributed by atoms with van der Waals surface area (Å²) in [5.74, 6) is 0.117. The van der Waals surface area contributed by atoms with Gasteiger partial charge in [0.2, 0.25) is 10.0 Å². The Morgan fingerprint density at radius 2 is 1.67 bits per heavy atom. The number of hydrogen-bond acceptors (Lipinski definition) is 8. The van der Waals surface area contributed by atoms with E-state index in [1.165, 1.54) is 17.4 Å². The highest BCUT2D eigenvalue weighted by Gasteiger charge is 2.22. The standard InChI is InChI=1S/C35H50ClFIN5O5SSi2/c1-10-24-18-32(48-23-47-14-16-51(7,8)9)28(37)19-27(24)29-20-31-33(34(38)41-43(31)22-46-13-15-50(4,5)6)35(40-29)39-21-25-17-26(36)11-12-30(25)42(2)49(3,44)45/h11-12,17-20H,10,13-16,21-23H2,1-9H3,(H,39,40). The molecule has 51 heavy (non-hydrogen) atoms. The molecule has 2 aromatic heterocycles. The minimum Gasteiger partial charge on any atom is -0.464 e. The van der Waals surface area contributed by atoms with Crippen molar-refractivity contribution in [1.29, 1.82) is 0 Å². The number of hydrogen-bond donors (Lipinski definition) is 1. The molecule has 16 heteroatoms. The van der Waals surface area contributed by atoms with Crippen LogP contribution in [0.1, 0.15) is 18.1 Å². The summed E-state index contributed by atoms with van der Waals surface area (Å²) in [5.41, 5.74) is 3.91.